The molecule has 4 nitrogen and oxygen atoms in total. The monoisotopic (exact) mass is 276 g/mol. The summed E-state index contributed by atoms with van der Waals surface area (Å²) in [5.74, 6) is -0.501. The molecule has 0 spiro atoms. The molecule has 0 saturated carbocycles. The molecule has 0 saturated heterocycles. The Morgan fingerprint density at radius 3 is 2.35 bits per heavy atom. The van der Waals surface area contributed by atoms with Gasteiger partial charge < -0.3 is 14.2 Å². The maximum absolute atomic E-state index is 12.7. The van der Waals surface area contributed by atoms with Gasteiger partial charge in [-0.05, 0) is 31.5 Å². The normalized spacial score (nSPS) is 22.5. The minimum atomic E-state index is -1.16. The summed E-state index contributed by atoms with van der Waals surface area (Å²) >= 11 is 0. The molecule has 1 unspecified atom stereocenters. The van der Waals surface area contributed by atoms with Gasteiger partial charge in [0.25, 0.3) is 0 Å². The SMILES string of the molecule is CCOC1(OC)CC(C)=C(c2ccc(OC)cc2)C1=O. The van der Waals surface area contributed by atoms with Gasteiger partial charge in [-0.3, -0.25) is 4.79 Å². The number of methoxy groups -OCH3 is 2. The van der Waals surface area contributed by atoms with Crippen LogP contribution in [0.25, 0.3) is 5.57 Å². The molecule has 0 aromatic heterocycles. The van der Waals surface area contributed by atoms with E-state index < -0.39 is 5.79 Å². The van der Waals surface area contributed by atoms with E-state index in [1.54, 1.807) is 7.11 Å². The van der Waals surface area contributed by atoms with Crippen LogP contribution in [0.3, 0.4) is 0 Å². The van der Waals surface area contributed by atoms with Crippen molar-refractivity contribution in [2.75, 3.05) is 20.8 Å². The molecular weight excluding hydrogens is 256 g/mol. The molecule has 2 rings (SSSR count). The lowest BCUT2D eigenvalue weighted by Gasteiger charge is -2.26. The summed E-state index contributed by atoms with van der Waals surface area (Å²) < 4.78 is 16.1. The average molecular weight is 276 g/mol. The van der Waals surface area contributed by atoms with Gasteiger partial charge in [-0.15, -0.1) is 0 Å². The molecule has 1 aliphatic carbocycles. The highest BCUT2D eigenvalue weighted by Crippen LogP contribution is 2.40. The molecule has 0 aliphatic heterocycles. The number of ketones is 1. The number of carbonyl (C=O) groups excluding carboxylic acids is 1. The van der Waals surface area contributed by atoms with Gasteiger partial charge in [0.2, 0.25) is 11.6 Å². The Hall–Kier alpha value is -1.65. The fourth-order valence-corrected chi connectivity index (χ4v) is 2.61. The molecule has 0 bridgehead atoms. The summed E-state index contributed by atoms with van der Waals surface area (Å²) in [7, 11) is 3.13. The number of Topliss-reactive ketones (excluding diaryl/α,β-unsaturated/α-hetero) is 1. The molecule has 1 atom stereocenters. The van der Waals surface area contributed by atoms with Gasteiger partial charge in [-0.25, -0.2) is 0 Å². The van der Waals surface area contributed by atoms with E-state index >= 15 is 0 Å². The van der Waals surface area contributed by atoms with Crippen molar-refractivity contribution >= 4 is 11.4 Å². The molecule has 0 radical (unpaired) electrons. The van der Waals surface area contributed by atoms with Gasteiger partial charge in [0.15, 0.2) is 0 Å². The van der Waals surface area contributed by atoms with Crippen molar-refractivity contribution in [3.63, 3.8) is 0 Å². The first kappa shape index (κ1) is 14.8. The van der Waals surface area contributed by atoms with E-state index in [4.69, 9.17) is 14.2 Å². The standard InChI is InChI=1S/C16H20O4/c1-5-20-16(19-4)10-11(2)14(15(16)17)12-6-8-13(18-3)9-7-12/h6-9H,5,10H2,1-4H3. The number of benzene rings is 1. The van der Waals surface area contributed by atoms with Crippen LogP contribution < -0.4 is 4.74 Å². The lowest BCUT2D eigenvalue weighted by atomic mass is 10.0. The summed E-state index contributed by atoms with van der Waals surface area (Å²) in [6, 6.07) is 7.45. The maximum Gasteiger partial charge on any atom is 0.237 e. The van der Waals surface area contributed by atoms with Crippen LogP contribution in [0, 0.1) is 0 Å². The molecular formula is C16H20O4. The zero-order valence-electron chi connectivity index (χ0n) is 12.4. The summed E-state index contributed by atoms with van der Waals surface area (Å²) in [6.07, 6.45) is 0.470. The Morgan fingerprint density at radius 2 is 1.85 bits per heavy atom. The first-order valence-corrected chi connectivity index (χ1v) is 6.66. The molecule has 1 aromatic carbocycles. The quantitative estimate of drug-likeness (QED) is 0.776. The minimum Gasteiger partial charge on any atom is -0.497 e. The van der Waals surface area contributed by atoms with Crippen LogP contribution in [0.15, 0.2) is 29.8 Å². The van der Waals surface area contributed by atoms with Crippen LogP contribution >= 0.6 is 0 Å². The van der Waals surface area contributed by atoms with E-state index in [0.29, 0.717) is 18.6 Å². The van der Waals surface area contributed by atoms with Crippen LogP contribution in [-0.2, 0) is 14.3 Å². The average Bonchev–Trinajstić information content (AvgIpc) is 2.71. The third-order valence-corrected chi connectivity index (χ3v) is 3.58. The molecule has 4 heteroatoms. The molecule has 0 amide bonds. The van der Waals surface area contributed by atoms with E-state index in [1.807, 2.05) is 38.1 Å². The van der Waals surface area contributed by atoms with Gasteiger partial charge in [-0.1, -0.05) is 17.7 Å². The van der Waals surface area contributed by atoms with Crippen molar-refractivity contribution in [1.29, 1.82) is 0 Å². The zero-order chi connectivity index (χ0) is 14.8. The number of hydrogen-bond acceptors (Lipinski definition) is 4. The highest BCUT2D eigenvalue weighted by atomic mass is 16.7. The van der Waals surface area contributed by atoms with E-state index in [1.165, 1.54) is 7.11 Å². The summed E-state index contributed by atoms with van der Waals surface area (Å²) in [5.41, 5.74) is 2.53. The first-order chi connectivity index (χ1) is 9.57. The smallest absolute Gasteiger partial charge is 0.237 e. The second-order valence-corrected chi connectivity index (χ2v) is 4.78. The van der Waals surface area contributed by atoms with Crippen LogP contribution in [0.1, 0.15) is 25.8 Å². The minimum absolute atomic E-state index is 0.107. The first-order valence-electron chi connectivity index (χ1n) is 6.66. The van der Waals surface area contributed by atoms with Gasteiger partial charge >= 0.3 is 0 Å². The number of ether oxygens (including phenoxy) is 3. The Bertz CT molecular complexity index is 530. The largest absolute Gasteiger partial charge is 0.497 e. The van der Waals surface area contributed by atoms with Crippen molar-refractivity contribution in [2.24, 2.45) is 0 Å². The molecule has 0 N–H and O–H groups in total. The van der Waals surface area contributed by atoms with Crippen molar-refractivity contribution < 1.29 is 19.0 Å². The van der Waals surface area contributed by atoms with Crippen molar-refractivity contribution in [3.05, 3.63) is 35.4 Å². The van der Waals surface area contributed by atoms with Gasteiger partial charge in [0.1, 0.15) is 5.75 Å². The second-order valence-electron chi connectivity index (χ2n) is 4.78. The number of carbonyl (C=O) groups is 1. The molecule has 0 heterocycles. The summed E-state index contributed by atoms with van der Waals surface area (Å²) in [5, 5.41) is 0. The van der Waals surface area contributed by atoms with Gasteiger partial charge in [0, 0.05) is 25.7 Å². The highest BCUT2D eigenvalue weighted by Gasteiger charge is 2.47. The number of rotatable bonds is 5. The van der Waals surface area contributed by atoms with Crippen molar-refractivity contribution in [3.8, 4) is 5.75 Å². The van der Waals surface area contributed by atoms with E-state index in [-0.39, 0.29) is 5.78 Å². The molecule has 108 valence electrons. The third kappa shape index (κ3) is 2.37. The van der Waals surface area contributed by atoms with Crippen LogP contribution in [0.5, 0.6) is 5.75 Å². The second kappa shape index (κ2) is 5.77. The summed E-state index contributed by atoms with van der Waals surface area (Å²) in [4.78, 5) is 12.7. The molecule has 1 aromatic rings. The molecule has 20 heavy (non-hydrogen) atoms. The predicted octanol–water partition coefficient (Wildman–Crippen LogP) is 2.82. The summed E-state index contributed by atoms with van der Waals surface area (Å²) in [6.45, 7) is 4.23. The van der Waals surface area contributed by atoms with E-state index in [9.17, 15) is 4.79 Å². The van der Waals surface area contributed by atoms with E-state index in [0.717, 1.165) is 16.9 Å². The van der Waals surface area contributed by atoms with Crippen molar-refractivity contribution in [2.45, 2.75) is 26.1 Å². The Balaban J connectivity index is 2.36. The molecule has 1 aliphatic rings. The fraction of sp³-hybridized carbons (Fsp3) is 0.438. The topological polar surface area (TPSA) is 44.8 Å². The lowest BCUT2D eigenvalue weighted by molar-refractivity contribution is -0.207. The zero-order valence-corrected chi connectivity index (χ0v) is 12.4. The van der Waals surface area contributed by atoms with Crippen LogP contribution in [-0.4, -0.2) is 32.4 Å². The Labute approximate surface area is 119 Å². The fourth-order valence-electron chi connectivity index (χ4n) is 2.61. The lowest BCUT2D eigenvalue weighted by Crippen LogP contribution is -2.40. The highest BCUT2D eigenvalue weighted by molar-refractivity contribution is 6.27. The Morgan fingerprint density at radius 1 is 1.20 bits per heavy atom. The maximum atomic E-state index is 12.7. The Kier molecular flexibility index (Phi) is 4.26. The van der Waals surface area contributed by atoms with Crippen LogP contribution in [0.4, 0.5) is 0 Å². The predicted molar refractivity (Wildman–Crippen MR) is 76.6 cm³/mol. The van der Waals surface area contributed by atoms with Crippen LogP contribution in [0.2, 0.25) is 0 Å². The van der Waals surface area contributed by atoms with Crippen molar-refractivity contribution in [1.82, 2.24) is 0 Å². The number of hydrogen-bond donors (Lipinski definition) is 0. The third-order valence-electron chi connectivity index (χ3n) is 3.58. The molecule has 0 fully saturated rings. The van der Waals surface area contributed by atoms with Gasteiger partial charge in [0.05, 0.1) is 7.11 Å². The van der Waals surface area contributed by atoms with Gasteiger partial charge in [-0.2, -0.15) is 0 Å². The van der Waals surface area contributed by atoms with E-state index in [2.05, 4.69) is 0 Å².